The molecule has 0 saturated carbocycles. The van der Waals surface area contributed by atoms with Crippen LogP contribution in [-0.2, 0) is 4.74 Å². The van der Waals surface area contributed by atoms with Crippen molar-refractivity contribution in [2.75, 3.05) is 32.9 Å². The third-order valence-electron chi connectivity index (χ3n) is 5.35. The fraction of sp³-hybridized carbons (Fsp3) is 0.346. The van der Waals surface area contributed by atoms with Gasteiger partial charge in [-0.3, -0.25) is 4.72 Å². The molecule has 1 saturated heterocycles. The number of thiophene rings is 1. The summed E-state index contributed by atoms with van der Waals surface area (Å²) in [5.41, 5.74) is 1.83. The molecule has 7 heteroatoms. The van der Waals surface area contributed by atoms with Gasteiger partial charge in [-0.2, -0.15) is 5.26 Å². The first-order valence-electron chi connectivity index (χ1n) is 10.9. The molecule has 1 aromatic carbocycles. The summed E-state index contributed by atoms with van der Waals surface area (Å²) in [6.45, 7) is 15.8. The summed E-state index contributed by atoms with van der Waals surface area (Å²) in [5, 5.41) is 20.7. The van der Waals surface area contributed by atoms with Crippen molar-refractivity contribution in [3.63, 3.8) is 0 Å². The van der Waals surface area contributed by atoms with E-state index in [1.54, 1.807) is 11.3 Å². The zero-order chi connectivity index (χ0) is 23.8. The average molecular weight is 482 g/mol. The zero-order valence-electron chi connectivity index (χ0n) is 19.3. The summed E-state index contributed by atoms with van der Waals surface area (Å²) in [7, 11) is 0. The van der Waals surface area contributed by atoms with Crippen LogP contribution >= 0.6 is 23.3 Å². The number of hydrogen-bond acceptors (Lipinski definition) is 7. The number of nitrogens with zero attached hydrogens (tertiary/aromatic N) is 2. The first kappa shape index (κ1) is 25.3. The molecule has 3 rings (SSSR count). The van der Waals surface area contributed by atoms with Gasteiger partial charge in [0.05, 0.1) is 13.2 Å². The lowest BCUT2D eigenvalue weighted by Gasteiger charge is -2.29. The van der Waals surface area contributed by atoms with Gasteiger partial charge in [-0.25, -0.2) is 0 Å². The Morgan fingerprint density at radius 3 is 2.76 bits per heavy atom. The number of hydrogen-bond donors (Lipinski definition) is 2. The summed E-state index contributed by atoms with van der Waals surface area (Å²) < 4.78 is 8.68. The van der Waals surface area contributed by atoms with Gasteiger partial charge < -0.3 is 14.7 Å². The second kappa shape index (κ2) is 11.7. The summed E-state index contributed by atoms with van der Waals surface area (Å²) in [5.74, 6) is 0. The molecule has 2 N–H and O–H groups in total. The third kappa shape index (κ3) is 7.32. The van der Waals surface area contributed by atoms with E-state index in [2.05, 4.69) is 59.2 Å². The van der Waals surface area contributed by atoms with Gasteiger partial charge in [0.1, 0.15) is 11.0 Å². The largest absolute Gasteiger partial charge is 0.396 e. The van der Waals surface area contributed by atoms with Crippen molar-refractivity contribution in [2.24, 2.45) is 0 Å². The van der Waals surface area contributed by atoms with E-state index in [4.69, 9.17) is 9.84 Å². The van der Waals surface area contributed by atoms with Crippen LogP contribution in [0.25, 0.3) is 29.2 Å². The Kier molecular flexibility index (Phi) is 8.95. The van der Waals surface area contributed by atoms with Gasteiger partial charge >= 0.3 is 0 Å². The smallest absolute Gasteiger partial charge is 0.108 e. The van der Waals surface area contributed by atoms with E-state index in [-0.39, 0.29) is 12.1 Å². The van der Waals surface area contributed by atoms with Gasteiger partial charge in [-0.1, -0.05) is 25.3 Å². The normalized spacial score (nSPS) is 15.5. The number of ether oxygens (including phenoxy) is 1. The number of aliphatic hydroxyl groups is 1. The van der Waals surface area contributed by atoms with Crippen LogP contribution in [0.15, 0.2) is 47.5 Å². The molecule has 0 amide bonds. The minimum Gasteiger partial charge on any atom is -0.396 e. The van der Waals surface area contributed by atoms with Gasteiger partial charge in [0.15, 0.2) is 0 Å². The molecular formula is C26H31N3O2S2. The summed E-state index contributed by atoms with van der Waals surface area (Å²) in [6, 6.07) is 12.6. The molecule has 0 radical (unpaired) electrons. The van der Waals surface area contributed by atoms with E-state index >= 15 is 0 Å². The molecule has 1 aliphatic heterocycles. The SMILES string of the molecule is C=C(/C=c1/ccc(-c2ccc(/C=C(\C#N)SNC(C)(C)CCO)s2)cc1=C)N1CCOCC1. The van der Waals surface area contributed by atoms with Crippen LogP contribution in [-0.4, -0.2) is 48.5 Å². The second-order valence-corrected chi connectivity index (χ2v) is 10.5. The van der Waals surface area contributed by atoms with E-state index < -0.39 is 0 Å². The van der Waals surface area contributed by atoms with E-state index in [1.165, 1.54) is 11.9 Å². The number of rotatable bonds is 9. The molecular weight excluding hydrogens is 450 g/mol. The number of benzene rings is 1. The first-order chi connectivity index (χ1) is 15.8. The number of nitriles is 1. The molecule has 0 spiro atoms. The number of morpholine rings is 1. The molecule has 0 unspecified atom stereocenters. The number of nitrogens with one attached hydrogen (secondary N) is 1. The predicted octanol–water partition coefficient (Wildman–Crippen LogP) is 3.72. The molecule has 2 aromatic rings. The molecule has 0 bridgehead atoms. The molecule has 2 heterocycles. The Bertz CT molecular complexity index is 1150. The predicted molar refractivity (Wildman–Crippen MR) is 141 cm³/mol. The van der Waals surface area contributed by atoms with Crippen LogP contribution in [0.2, 0.25) is 0 Å². The molecule has 1 aliphatic rings. The van der Waals surface area contributed by atoms with Crippen LogP contribution in [0.4, 0.5) is 0 Å². The molecule has 5 nitrogen and oxygen atoms in total. The Hall–Kier alpha value is -2.34. The number of allylic oxidation sites excluding steroid dienone is 2. The maximum absolute atomic E-state index is 9.52. The zero-order valence-corrected chi connectivity index (χ0v) is 20.9. The first-order valence-corrected chi connectivity index (χ1v) is 12.5. The van der Waals surface area contributed by atoms with E-state index in [9.17, 15) is 5.26 Å². The monoisotopic (exact) mass is 481 g/mol. The molecule has 174 valence electrons. The fourth-order valence-corrected chi connectivity index (χ4v) is 5.09. The Morgan fingerprint density at radius 2 is 2.09 bits per heavy atom. The van der Waals surface area contributed by atoms with Crippen LogP contribution in [0, 0.1) is 11.3 Å². The van der Waals surface area contributed by atoms with E-state index in [0.29, 0.717) is 11.3 Å². The highest BCUT2D eigenvalue weighted by Gasteiger charge is 2.17. The van der Waals surface area contributed by atoms with Crippen molar-refractivity contribution in [1.29, 1.82) is 5.26 Å². The maximum Gasteiger partial charge on any atom is 0.108 e. The lowest BCUT2D eigenvalue weighted by Crippen LogP contribution is -2.35. The van der Waals surface area contributed by atoms with Crippen molar-refractivity contribution in [2.45, 2.75) is 25.8 Å². The Balaban J connectivity index is 1.73. The van der Waals surface area contributed by atoms with E-state index in [0.717, 1.165) is 57.8 Å². The molecule has 33 heavy (non-hydrogen) atoms. The standard InChI is InChI=1S/C26H31N3O2S2/c1-19-15-22(6-5-21(19)16-20(2)29-10-13-31-14-11-29)25-8-7-23(32-25)17-24(18-27)33-28-26(3,4)9-12-30/h5-8,15-17,28,30H,1-2,9-14H2,3-4H3/b21-16-,24-17+. The fourth-order valence-electron chi connectivity index (χ4n) is 3.34. The number of aliphatic hydroxyl groups excluding tert-OH is 1. The topological polar surface area (TPSA) is 68.5 Å². The highest BCUT2D eigenvalue weighted by molar-refractivity contribution is 8.01. The van der Waals surface area contributed by atoms with Crippen LogP contribution in [0.5, 0.6) is 0 Å². The van der Waals surface area contributed by atoms with Crippen LogP contribution < -0.4 is 15.2 Å². The van der Waals surface area contributed by atoms with Gasteiger partial charge in [0.2, 0.25) is 0 Å². The van der Waals surface area contributed by atoms with Gasteiger partial charge in [-0.15, -0.1) is 11.3 Å². The second-order valence-electron chi connectivity index (χ2n) is 8.53. The Morgan fingerprint density at radius 1 is 1.33 bits per heavy atom. The minimum atomic E-state index is -0.258. The van der Waals surface area contributed by atoms with Gasteiger partial charge in [-0.05, 0) is 78.6 Å². The van der Waals surface area contributed by atoms with Crippen molar-refractivity contribution in [3.8, 4) is 16.5 Å². The highest BCUT2D eigenvalue weighted by atomic mass is 32.2. The Labute approximate surface area is 204 Å². The minimum absolute atomic E-state index is 0.104. The quantitative estimate of drug-likeness (QED) is 0.420. The molecule has 0 aliphatic carbocycles. The van der Waals surface area contributed by atoms with Crippen LogP contribution in [0.1, 0.15) is 25.1 Å². The highest BCUT2D eigenvalue weighted by Crippen LogP contribution is 2.30. The van der Waals surface area contributed by atoms with Crippen molar-refractivity contribution in [3.05, 3.63) is 62.8 Å². The summed E-state index contributed by atoms with van der Waals surface area (Å²) in [6.07, 6.45) is 4.59. The van der Waals surface area contributed by atoms with Crippen LogP contribution in [0.3, 0.4) is 0 Å². The van der Waals surface area contributed by atoms with E-state index in [1.807, 2.05) is 26.0 Å². The van der Waals surface area contributed by atoms with Gasteiger partial charge in [0.25, 0.3) is 0 Å². The molecule has 0 atom stereocenters. The maximum atomic E-state index is 9.52. The lowest BCUT2D eigenvalue weighted by atomic mass is 10.0. The molecule has 1 aromatic heterocycles. The summed E-state index contributed by atoms with van der Waals surface area (Å²) >= 11 is 2.94. The molecule has 1 fully saturated rings. The van der Waals surface area contributed by atoms with Gasteiger partial charge in [0, 0.05) is 40.7 Å². The van der Waals surface area contributed by atoms with Crippen molar-refractivity contribution < 1.29 is 9.84 Å². The summed E-state index contributed by atoms with van der Waals surface area (Å²) in [4.78, 5) is 4.96. The third-order valence-corrected chi connectivity index (χ3v) is 7.52. The van der Waals surface area contributed by atoms with Crippen molar-refractivity contribution in [1.82, 2.24) is 9.62 Å². The average Bonchev–Trinajstić information content (AvgIpc) is 3.27. The lowest BCUT2D eigenvalue weighted by molar-refractivity contribution is 0.0564. The van der Waals surface area contributed by atoms with Crippen molar-refractivity contribution >= 4 is 42.0 Å².